The highest BCUT2D eigenvalue weighted by atomic mass is 31.1. The third-order valence-electron chi connectivity index (χ3n) is 4.10. The average molecular weight is 354 g/mol. The maximum Gasteiger partial charge on any atom is 0.127 e. The summed E-state index contributed by atoms with van der Waals surface area (Å²) < 4.78 is 5.93. The van der Waals surface area contributed by atoms with Crippen molar-refractivity contribution in [2.45, 2.75) is 0 Å². The van der Waals surface area contributed by atoms with Crippen LogP contribution in [0, 0.1) is 0 Å². The third kappa shape index (κ3) is 3.85. The zero-order chi connectivity index (χ0) is 17.6. The second-order valence-corrected chi connectivity index (χ2v) is 8.14. The number of rotatable bonds is 5. The van der Waals surface area contributed by atoms with Crippen LogP contribution in [-0.2, 0) is 0 Å². The van der Waals surface area contributed by atoms with Gasteiger partial charge in [-0.1, -0.05) is 91.0 Å². The highest BCUT2D eigenvalue weighted by molar-refractivity contribution is 7.79. The van der Waals surface area contributed by atoms with Crippen molar-refractivity contribution in [3.8, 4) is 11.5 Å². The molecule has 4 aromatic carbocycles. The highest BCUT2D eigenvalue weighted by Gasteiger charge is 2.16. The van der Waals surface area contributed by atoms with Crippen molar-refractivity contribution in [3.05, 3.63) is 115 Å². The number of benzene rings is 4. The molecule has 0 heterocycles. The zero-order valence-electron chi connectivity index (χ0n) is 14.3. The molecule has 0 aliphatic carbocycles. The van der Waals surface area contributed by atoms with Gasteiger partial charge >= 0.3 is 0 Å². The van der Waals surface area contributed by atoms with Crippen LogP contribution in [0.15, 0.2) is 115 Å². The van der Waals surface area contributed by atoms with E-state index >= 15 is 0 Å². The summed E-state index contributed by atoms with van der Waals surface area (Å²) in [6.07, 6.45) is 0. The Balaban J connectivity index is 1.66. The lowest BCUT2D eigenvalue weighted by atomic mass is 10.3. The zero-order valence-corrected chi connectivity index (χ0v) is 15.2. The molecule has 0 N–H and O–H groups in total. The molecule has 0 atom stereocenters. The molecule has 0 amide bonds. The Bertz CT molecular complexity index is 896. The molecule has 4 rings (SSSR count). The van der Waals surface area contributed by atoms with Gasteiger partial charge in [-0.2, -0.15) is 0 Å². The highest BCUT2D eigenvalue weighted by Crippen LogP contribution is 2.33. The van der Waals surface area contributed by atoms with Gasteiger partial charge in [-0.25, -0.2) is 0 Å². The van der Waals surface area contributed by atoms with Crippen LogP contribution in [0.1, 0.15) is 0 Å². The SMILES string of the molecule is c1ccc(Oc2ccc(P(c3ccccc3)c3ccccc3)cc2)cc1. The monoisotopic (exact) mass is 354 g/mol. The largest absolute Gasteiger partial charge is 0.457 e. The van der Waals surface area contributed by atoms with E-state index in [4.69, 9.17) is 4.74 Å². The Kier molecular flexibility index (Phi) is 5.09. The summed E-state index contributed by atoms with van der Waals surface area (Å²) in [4.78, 5) is 0. The van der Waals surface area contributed by atoms with Crippen molar-refractivity contribution in [3.63, 3.8) is 0 Å². The minimum absolute atomic E-state index is 0.573. The maximum absolute atomic E-state index is 5.93. The first kappa shape index (κ1) is 16.6. The number of ether oxygens (including phenoxy) is 1. The fourth-order valence-corrected chi connectivity index (χ4v) is 5.17. The van der Waals surface area contributed by atoms with E-state index in [0.717, 1.165) is 11.5 Å². The van der Waals surface area contributed by atoms with Gasteiger partial charge in [-0.3, -0.25) is 0 Å². The molecule has 0 bridgehead atoms. The van der Waals surface area contributed by atoms with E-state index in [1.165, 1.54) is 15.9 Å². The predicted molar refractivity (Wildman–Crippen MR) is 112 cm³/mol. The van der Waals surface area contributed by atoms with E-state index in [1.54, 1.807) is 0 Å². The van der Waals surface area contributed by atoms with Crippen molar-refractivity contribution < 1.29 is 4.74 Å². The number of hydrogen-bond donors (Lipinski definition) is 0. The summed E-state index contributed by atoms with van der Waals surface area (Å²) in [5.74, 6) is 1.71. The first-order valence-corrected chi connectivity index (χ1v) is 9.97. The van der Waals surface area contributed by atoms with E-state index in [2.05, 4.69) is 84.9 Å². The van der Waals surface area contributed by atoms with Crippen molar-refractivity contribution in [1.82, 2.24) is 0 Å². The molecule has 1 nitrogen and oxygen atoms in total. The molecule has 0 radical (unpaired) electrons. The molecule has 126 valence electrons. The summed E-state index contributed by atoms with van der Waals surface area (Å²) in [7, 11) is -0.573. The fraction of sp³-hybridized carbons (Fsp3) is 0. The van der Waals surface area contributed by atoms with Gasteiger partial charge in [0, 0.05) is 0 Å². The Hall–Kier alpha value is -2.89. The first-order chi connectivity index (χ1) is 12.9. The first-order valence-electron chi connectivity index (χ1n) is 8.63. The van der Waals surface area contributed by atoms with Crippen LogP contribution < -0.4 is 20.7 Å². The van der Waals surface area contributed by atoms with Crippen LogP contribution >= 0.6 is 7.92 Å². The van der Waals surface area contributed by atoms with Gasteiger partial charge in [-0.15, -0.1) is 0 Å². The molecule has 0 aliphatic heterocycles. The summed E-state index contributed by atoms with van der Waals surface area (Å²) in [6.45, 7) is 0. The molecule has 0 aromatic heterocycles. The van der Waals surface area contributed by atoms with Crippen molar-refractivity contribution >= 4 is 23.8 Å². The van der Waals surface area contributed by atoms with Crippen molar-refractivity contribution in [1.29, 1.82) is 0 Å². The predicted octanol–water partition coefficient (Wildman–Crippen LogP) is 5.24. The van der Waals surface area contributed by atoms with E-state index in [-0.39, 0.29) is 0 Å². The van der Waals surface area contributed by atoms with Crippen LogP contribution in [0.2, 0.25) is 0 Å². The lowest BCUT2D eigenvalue weighted by molar-refractivity contribution is 0.483. The van der Waals surface area contributed by atoms with Gasteiger partial charge in [0.05, 0.1) is 0 Å². The van der Waals surface area contributed by atoms with Crippen molar-refractivity contribution in [2.75, 3.05) is 0 Å². The van der Waals surface area contributed by atoms with E-state index < -0.39 is 7.92 Å². The molecular formula is C24H19OP. The smallest absolute Gasteiger partial charge is 0.127 e. The summed E-state index contributed by atoms with van der Waals surface area (Å²) >= 11 is 0. The summed E-state index contributed by atoms with van der Waals surface area (Å²) in [5.41, 5.74) is 0. The molecule has 0 saturated heterocycles. The van der Waals surface area contributed by atoms with Gasteiger partial charge in [-0.05, 0) is 48.1 Å². The minimum atomic E-state index is -0.573. The van der Waals surface area contributed by atoms with Crippen LogP contribution in [-0.4, -0.2) is 0 Å². The van der Waals surface area contributed by atoms with Crippen LogP contribution in [0.3, 0.4) is 0 Å². The van der Waals surface area contributed by atoms with Gasteiger partial charge in [0.15, 0.2) is 0 Å². The van der Waals surface area contributed by atoms with Gasteiger partial charge in [0.25, 0.3) is 0 Å². The average Bonchev–Trinajstić information content (AvgIpc) is 2.72. The molecular weight excluding hydrogens is 335 g/mol. The van der Waals surface area contributed by atoms with Gasteiger partial charge in [0.1, 0.15) is 11.5 Å². The minimum Gasteiger partial charge on any atom is -0.457 e. The molecule has 4 aromatic rings. The number of para-hydroxylation sites is 1. The third-order valence-corrected chi connectivity index (χ3v) is 6.55. The Morgan fingerprint density at radius 3 is 1.27 bits per heavy atom. The quantitative estimate of drug-likeness (QED) is 0.446. The summed E-state index contributed by atoms with van der Waals surface area (Å²) in [6, 6.07) is 39.8. The van der Waals surface area contributed by atoms with E-state index in [9.17, 15) is 0 Å². The van der Waals surface area contributed by atoms with Gasteiger partial charge < -0.3 is 4.74 Å². The Morgan fingerprint density at radius 2 is 0.769 bits per heavy atom. The van der Waals surface area contributed by atoms with Crippen molar-refractivity contribution in [2.24, 2.45) is 0 Å². The molecule has 0 saturated carbocycles. The second-order valence-electron chi connectivity index (χ2n) is 5.92. The molecule has 0 aliphatic rings. The molecule has 2 heteroatoms. The Labute approximate surface area is 155 Å². The summed E-state index contributed by atoms with van der Waals surface area (Å²) in [5, 5.41) is 4.02. The van der Waals surface area contributed by atoms with Crippen LogP contribution in [0.5, 0.6) is 11.5 Å². The topological polar surface area (TPSA) is 9.23 Å². The second kappa shape index (κ2) is 7.99. The number of hydrogen-bond acceptors (Lipinski definition) is 1. The molecule has 26 heavy (non-hydrogen) atoms. The fourth-order valence-electron chi connectivity index (χ4n) is 2.89. The lowest BCUT2D eigenvalue weighted by Gasteiger charge is -2.19. The van der Waals surface area contributed by atoms with Gasteiger partial charge in [0.2, 0.25) is 0 Å². The molecule has 0 unspecified atom stereocenters. The normalized spacial score (nSPS) is 10.7. The Morgan fingerprint density at radius 1 is 0.385 bits per heavy atom. The molecule has 0 fully saturated rings. The lowest BCUT2D eigenvalue weighted by Crippen LogP contribution is -2.20. The van der Waals surface area contributed by atoms with Crippen LogP contribution in [0.25, 0.3) is 0 Å². The standard InChI is InChI=1S/C24H19OP/c1-4-10-20(11-5-1)25-21-16-18-24(19-17-21)26(22-12-6-2-7-13-22)23-14-8-3-9-15-23/h1-19H. The molecule has 0 spiro atoms. The van der Waals surface area contributed by atoms with E-state index in [0.29, 0.717) is 0 Å². The maximum atomic E-state index is 5.93. The van der Waals surface area contributed by atoms with Crippen LogP contribution in [0.4, 0.5) is 0 Å². The van der Waals surface area contributed by atoms with E-state index in [1.807, 2.05) is 30.3 Å².